The van der Waals surface area contributed by atoms with Gasteiger partial charge in [0.2, 0.25) is 10.0 Å². The Morgan fingerprint density at radius 1 is 0.800 bits per heavy atom. The fourth-order valence-electron chi connectivity index (χ4n) is 3.75. The molecule has 0 bridgehead atoms. The maximum absolute atomic E-state index is 12.8. The van der Waals surface area contributed by atoms with Gasteiger partial charge in [0, 0.05) is 16.9 Å². The van der Waals surface area contributed by atoms with Gasteiger partial charge in [0.15, 0.2) is 0 Å². The minimum atomic E-state index is -3.80. The number of hydrogen-bond acceptors (Lipinski definition) is 5. The highest BCUT2D eigenvalue weighted by Crippen LogP contribution is 2.34. The SMILES string of the molecule is Cc1ccc(NS(=O)(=O)c2ccc(NC(=O)c3ccc(CN(c4cccc(Cl)c4Cl)S(C)(=O)=O)cc3)cc2)cc1. The lowest BCUT2D eigenvalue weighted by molar-refractivity contribution is 0.102. The van der Waals surface area contributed by atoms with Crippen LogP contribution in [0.1, 0.15) is 21.5 Å². The van der Waals surface area contributed by atoms with Gasteiger partial charge in [0.25, 0.3) is 15.9 Å². The number of nitrogens with one attached hydrogen (secondary N) is 2. The van der Waals surface area contributed by atoms with Crippen LogP contribution in [-0.2, 0) is 26.6 Å². The summed E-state index contributed by atoms with van der Waals surface area (Å²) in [5.74, 6) is -0.419. The van der Waals surface area contributed by atoms with Crippen molar-refractivity contribution in [2.45, 2.75) is 18.4 Å². The largest absolute Gasteiger partial charge is 0.322 e. The topological polar surface area (TPSA) is 113 Å². The molecule has 2 N–H and O–H groups in total. The Balaban J connectivity index is 1.43. The molecule has 0 atom stereocenters. The second-order valence-electron chi connectivity index (χ2n) is 8.99. The van der Waals surface area contributed by atoms with E-state index >= 15 is 0 Å². The van der Waals surface area contributed by atoms with Crippen LogP contribution in [0.3, 0.4) is 0 Å². The van der Waals surface area contributed by atoms with Gasteiger partial charge in [0.05, 0.1) is 33.4 Å². The average molecular weight is 619 g/mol. The fraction of sp³-hybridized carbons (Fsp3) is 0.107. The molecule has 4 aromatic carbocycles. The van der Waals surface area contributed by atoms with E-state index in [9.17, 15) is 21.6 Å². The monoisotopic (exact) mass is 617 g/mol. The molecule has 1 amide bonds. The minimum absolute atomic E-state index is 0.0205. The number of benzene rings is 4. The molecule has 0 fully saturated rings. The molecule has 0 spiro atoms. The Morgan fingerprint density at radius 3 is 2.00 bits per heavy atom. The lowest BCUT2D eigenvalue weighted by Crippen LogP contribution is -2.29. The first-order chi connectivity index (χ1) is 18.8. The van der Waals surface area contributed by atoms with Crippen molar-refractivity contribution < 1.29 is 21.6 Å². The van der Waals surface area contributed by atoms with E-state index in [4.69, 9.17) is 23.2 Å². The summed E-state index contributed by atoms with van der Waals surface area (Å²) in [4.78, 5) is 12.8. The maximum atomic E-state index is 12.8. The number of hydrogen-bond donors (Lipinski definition) is 2. The molecule has 8 nitrogen and oxygen atoms in total. The van der Waals surface area contributed by atoms with E-state index in [-0.39, 0.29) is 27.2 Å². The highest BCUT2D eigenvalue weighted by Gasteiger charge is 2.22. The summed E-state index contributed by atoms with van der Waals surface area (Å²) in [5.41, 5.74) is 3.06. The number of amides is 1. The number of carbonyl (C=O) groups is 1. The molecular weight excluding hydrogens is 593 g/mol. The van der Waals surface area contributed by atoms with Crippen LogP contribution in [0.15, 0.2) is 95.9 Å². The summed E-state index contributed by atoms with van der Waals surface area (Å²) >= 11 is 12.3. The number of nitrogens with zero attached hydrogens (tertiary/aromatic N) is 1. The molecule has 12 heteroatoms. The van der Waals surface area contributed by atoms with Crippen LogP contribution in [0.5, 0.6) is 0 Å². The quantitative estimate of drug-likeness (QED) is 0.228. The second-order valence-corrected chi connectivity index (χ2v) is 13.4. The van der Waals surface area contributed by atoms with Crippen LogP contribution >= 0.6 is 23.2 Å². The van der Waals surface area contributed by atoms with E-state index in [1.165, 1.54) is 24.3 Å². The van der Waals surface area contributed by atoms with E-state index < -0.39 is 26.0 Å². The van der Waals surface area contributed by atoms with Crippen LogP contribution in [0, 0.1) is 6.92 Å². The molecule has 0 unspecified atom stereocenters. The van der Waals surface area contributed by atoms with Crippen molar-refractivity contribution in [3.05, 3.63) is 118 Å². The highest BCUT2D eigenvalue weighted by molar-refractivity contribution is 7.92. The highest BCUT2D eigenvalue weighted by atomic mass is 35.5. The second kappa shape index (κ2) is 11.9. The summed E-state index contributed by atoms with van der Waals surface area (Å²) in [6.07, 6.45) is 1.07. The zero-order valence-electron chi connectivity index (χ0n) is 21.4. The number of anilines is 3. The normalized spacial score (nSPS) is 11.6. The van der Waals surface area contributed by atoms with E-state index in [1.807, 2.05) is 6.92 Å². The van der Waals surface area contributed by atoms with Crippen molar-refractivity contribution in [3.63, 3.8) is 0 Å². The van der Waals surface area contributed by atoms with Crippen molar-refractivity contribution in [1.29, 1.82) is 0 Å². The lowest BCUT2D eigenvalue weighted by Gasteiger charge is -2.24. The first-order valence-electron chi connectivity index (χ1n) is 11.8. The summed E-state index contributed by atoms with van der Waals surface area (Å²) in [6.45, 7) is 1.89. The third-order valence-corrected chi connectivity index (χ3v) is 9.20. The van der Waals surface area contributed by atoms with E-state index in [2.05, 4.69) is 10.0 Å². The van der Waals surface area contributed by atoms with Gasteiger partial charge in [-0.25, -0.2) is 16.8 Å². The predicted molar refractivity (Wildman–Crippen MR) is 160 cm³/mol. The molecule has 0 saturated carbocycles. The molecule has 0 aliphatic carbocycles. The Hall–Kier alpha value is -3.57. The standard InChI is InChI=1S/C28H25Cl2N3O5S2/c1-19-6-12-23(13-7-19)32-40(37,38)24-16-14-22(15-17-24)31-28(34)21-10-8-20(9-11-21)18-33(39(2,35)36)26-5-3-4-25(29)27(26)30/h3-17,32H,18H2,1-2H3,(H,31,34). The molecule has 208 valence electrons. The van der Waals surface area contributed by atoms with Crippen molar-refractivity contribution >= 4 is 66.2 Å². The van der Waals surface area contributed by atoms with Gasteiger partial charge in [-0.05, 0) is 73.2 Å². The van der Waals surface area contributed by atoms with Crippen LogP contribution in [0.4, 0.5) is 17.1 Å². The minimum Gasteiger partial charge on any atom is -0.322 e. The molecule has 0 aromatic heterocycles. The van der Waals surface area contributed by atoms with Gasteiger partial charge in [-0.15, -0.1) is 0 Å². The summed E-state index contributed by atoms with van der Waals surface area (Å²) < 4.78 is 54.0. The number of carbonyl (C=O) groups excluding carboxylic acids is 1. The van der Waals surface area contributed by atoms with E-state index in [0.717, 1.165) is 16.1 Å². The maximum Gasteiger partial charge on any atom is 0.261 e. The van der Waals surface area contributed by atoms with Crippen molar-refractivity contribution in [2.75, 3.05) is 20.6 Å². The van der Waals surface area contributed by atoms with E-state index in [1.54, 1.807) is 66.7 Å². The van der Waals surface area contributed by atoms with Crippen LogP contribution in [-0.4, -0.2) is 29.0 Å². The zero-order valence-corrected chi connectivity index (χ0v) is 24.6. The molecule has 4 rings (SSSR count). The number of rotatable bonds is 9. The van der Waals surface area contributed by atoms with Crippen LogP contribution in [0.2, 0.25) is 10.0 Å². The molecule has 4 aromatic rings. The van der Waals surface area contributed by atoms with Crippen molar-refractivity contribution in [2.24, 2.45) is 0 Å². The smallest absolute Gasteiger partial charge is 0.261 e. The van der Waals surface area contributed by atoms with Crippen LogP contribution < -0.4 is 14.3 Å². The molecule has 0 radical (unpaired) electrons. The molecule has 0 heterocycles. The fourth-order valence-corrected chi connectivity index (χ4v) is 6.15. The molecular formula is C28H25Cl2N3O5S2. The van der Waals surface area contributed by atoms with E-state index in [0.29, 0.717) is 22.5 Å². The molecule has 0 saturated heterocycles. The van der Waals surface area contributed by atoms with Crippen LogP contribution in [0.25, 0.3) is 0 Å². The first kappa shape index (κ1) is 29.4. The summed E-state index contributed by atoms with van der Waals surface area (Å²) in [5, 5.41) is 3.07. The third kappa shape index (κ3) is 7.14. The van der Waals surface area contributed by atoms with Gasteiger partial charge >= 0.3 is 0 Å². The Kier molecular flexibility index (Phi) is 8.74. The summed E-state index contributed by atoms with van der Waals surface area (Å²) in [7, 11) is -7.49. The molecule has 0 aliphatic rings. The third-order valence-electron chi connectivity index (χ3n) is 5.87. The number of sulfonamides is 2. The Labute approximate surface area is 243 Å². The molecule has 40 heavy (non-hydrogen) atoms. The Bertz CT molecular complexity index is 1740. The van der Waals surface area contributed by atoms with Crippen molar-refractivity contribution in [3.8, 4) is 0 Å². The van der Waals surface area contributed by atoms with Crippen molar-refractivity contribution in [1.82, 2.24) is 0 Å². The van der Waals surface area contributed by atoms with Gasteiger partial charge in [0.1, 0.15) is 0 Å². The van der Waals surface area contributed by atoms with Gasteiger partial charge in [-0.1, -0.05) is 59.1 Å². The summed E-state index contributed by atoms with van der Waals surface area (Å²) in [6, 6.07) is 23.9. The Morgan fingerprint density at radius 2 is 1.40 bits per heavy atom. The molecule has 0 aliphatic heterocycles. The lowest BCUT2D eigenvalue weighted by atomic mass is 10.1. The number of aryl methyl sites for hydroxylation is 1. The first-order valence-corrected chi connectivity index (χ1v) is 15.9. The number of halogens is 2. The predicted octanol–water partition coefficient (Wildman–Crippen LogP) is 6.32. The van der Waals surface area contributed by atoms with Gasteiger partial charge < -0.3 is 5.32 Å². The van der Waals surface area contributed by atoms with Gasteiger partial charge in [-0.3, -0.25) is 13.8 Å². The average Bonchev–Trinajstić information content (AvgIpc) is 2.90. The zero-order chi connectivity index (χ0) is 29.1. The van der Waals surface area contributed by atoms with Gasteiger partial charge in [-0.2, -0.15) is 0 Å².